The number of hydrogen-bond donors (Lipinski definition) is 1. The average molecular weight is 265 g/mol. The Morgan fingerprint density at radius 2 is 2.00 bits per heavy atom. The fraction of sp³-hybridized carbons (Fsp3) is 0.533. The van der Waals surface area contributed by atoms with E-state index in [1.54, 1.807) is 7.05 Å². The van der Waals surface area contributed by atoms with Crippen molar-refractivity contribution in [3.63, 3.8) is 0 Å². The second-order valence-corrected chi connectivity index (χ2v) is 4.42. The first kappa shape index (κ1) is 15.7. The minimum atomic E-state index is -0.941. The van der Waals surface area contributed by atoms with Crippen molar-refractivity contribution in [3.05, 3.63) is 35.9 Å². The first-order chi connectivity index (χ1) is 9.21. The van der Waals surface area contributed by atoms with Crippen LogP contribution in [0.25, 0.3) is 0 Å². The fourth-order valence-corrected chi connectivity index (χ4v) is 1.95. The Kier molecular flexibility index (Phi) is 6.53. The van der Waals surface area contributed by atoms with E-state index in [2.05, 4.69) is 12.2 Å². The van der Waals surface area contributed by atoms with Gasteiger partial charge in [0.05, 0.1) is 13.7 Å². The topological polar surface area (TPSA) is 47.6 Å². The van der Waals surface area contributed by atoms with E-state index in [4.69, 9.17) is 9.47 Å². The number of carbonyl (C=O) groups is 1. The summed E-state index contributed by atoms with van der Waals surface area (Å²) in [5.41, 5.74) is -0.0927. The molecule has 0 aromatic heterocycles. The third-order valence-corrected chi connectivity index (χ3v) is 3.19. The van der Waals surface area contributed by atoms with Crippen LogP contribution in [0.2, 0.25) is 0 Å². The highest BCUT2D eigenvalue weighted by atomic mass is 16.5. The molecular weight excluding hydrogens is 242 g/mol. The number of rotatable bonds is 8. The first-order valence-corrected chi connectivity index (χ1v) is 6.62. The number of nitrogens with one attached hydrogen (secondary N) is 1. The third kappa shape index (κ3) is 3.78. The largest absolute Gasteiger partial charge is 0.467 e. The molecule has 4 nitrogen and oxygen atoms in total. The Balaban J connectivity index is 2.92. The summed E-state index contributed by atoms with van der Waals surface area (Å²) >= 11 is 0. The van der Waals surface area contributed by atoms with Crippen LogP contribution in [0.15, 0.2) is 30.3 Å². The SMILES string of the molecule is CCCCOCC(NC)(C(=O)OC)c1ccccc1. The number of methoxy groups -OCH3 is 1. The lowest BCUT2D eigenvalue weighted by atomic mass is 9.91. The lowest BCUT2D eigenvalue weighted by Crippen LogP contribution is -2.51. The van der Waals surface area contributed by atoms with Gasteiger partial charge in [-0.2, -0.15) is 0 Å². The van der Waals surface area contributed by atoms with Crippen LogP contribution in [0, 0.1) is 0 Å². The third-order valence-electron chi connectivity index (χ3n) is 3.19. The Hall–Kier alpha value is -1.39. The van der Waals surface area contributed by atoms with Crippen molar-refractivity contribution >= 4 is 5.97 Å². The molecule has 0 saturated carbocycles. The van der Waals surface area contributed by atoms with E-state index in [0.717, 1.165) is 18.4 Å². The predicted octanol–water partition coefficient (Wildman–Crippen LogP) is 2.09. The molecule has 0 saturated heterocycles. The molecule has 0 amide bonds. The van der Waals surface area contributed by atoms with Crippen LogP contribution in [-0.4, -0.2) is 33.3 Å². The molecule has 1 N–H and O–H groups in total. The van der Waals surface area contributed by atoms with Crippen LogP contribution in [0.3, 0.4) is 0 Å². The maximum atomic E-state index is 12.2. The Bertz CT molecular complexity index is 380. The average Bonchev–Trinajstić information content (AvgIpc) is 2.48. The summed E-state index contributed by atoms with van der Waals surface area (Å²) in [6, 6.07) is 9.51. The van der Waals surface area contributed by atoms with Crippen LogP contribution >= 0.6 is 0 Å². The smallest absolute Gasteiger partial charge is 0.333 e. The number of unbranched alkanes of at least 4 members (excludes halogenated alkanes) is 1. The molecule has 0 aliphatic carbocycles. The molecular formula is C15H23NO3. The first-order valence-electron chi connectivity index (χ1n) is 6.62. The van der Waals surface area contributed by atoms with Gasteiger partial charge in [-0.15, -0.1) is 0 Å². The zero-order valence-electron chi connectivity index (χ0n) is 11.9. The highest BCUT2D eigenvalue weighted by Crippen LogP contribution is 2.23. The van der Waals surface area contributed by atoms with Gasteiger partial charge in [0.25, 0.3) is 0 Å². The summed E-state index contributed by atoms with van der Waals surface area (Å²) in [6.07, 6.45) is 2.05. The summed E-state index contributed by atoms with van der Waals surface area (Å²) in [7, 11) is 3.14. The normalized spacial score (nSPS) is 13.8. The van der Waals surface area contributed by atoms with E-state index in [1.807, 2.05) is 30.3 Å². The quantitative estimate of drug-likeness (QED) is 0.577. The molecule has 0 radical (unpaired) electrons. The minimum Gasteiger partial charge on any atom is -0.467 e. The molecule has 0 spiro atoms. The summed E-state index contributed by atoms with van der Waals surface area (Å²) in [5, 5.41) is 3.06. The molecule has 1 aromatic carbocycles. The number of benzene rings is 1. The lowest BCUT2D eigenvalue weighted by molar-refractivity contribution is -0.152. The van der Waals surface area contributed by atoms with Crippen LogP contribution < -0.4 is 5.32 Å². The van der Waals surface area contributed by atoms with Gasteiger partial charge < -0.3 is 9.47 Å². The van der Waals surface area contributed by atoms with Crippen molar-refractivity contribution in [1.82, 2.24) is 5.32 Å². The van der Waals surface area contributed by atoms with E-state index < -0.39 is 5.54 Å². The van der Waals surface area contributed by atoms with Gasteiger partial charge in [-0.05, 0) is 19.0 Å². The summed E-state index contributed by atoms with van der Waals surface area (Å²) < 4.78 is 10.6. The maximum absolute atomic E-state index is 12.2. The van der Waals surface area contributed by atoms with Gasteiger partial charge in [-0.1, -0.05) is 43.7 Å². The summed E-state index contributed by atoms with van der Waals surface area (Å²) in [5.74, 6) is -0.335. The Labute approximate surface area is 115 Å². The van der Waals surface area contributed by atoms with Gasteiger partial charge in [0.2, 0.25) is 0 Å². The molecule has 1 aromatic rings. The Morgan fingerprint density at radius 3 is 2.53 bits per heavy atom. The molecule has 0 heterocycles. The molecule has 0 aliphatic rings. The van der Waals surface area contributed by atoms with Crippen molar-refractivity contribution in [1.29, 1.82) is 0 Å². The molecule has 0 aliphatic heterocycles. The molecule has 1 atom stereocenters. The highest BCUT2D eigenvalue weighted by Gasteiger charge is 2.40. The number of ether oxygens (including phenoxy) is 2. The maximum Gasteiger partial charge on any atom is 0.333 e. The predicted molar refractivity (Wildman–Crippen MR) is 74.9 cm³/mol. The van der Waals surface area contributed by atoms with Gasteiger partial charge >= 0.3 is 5.97 Å². The zero-order valence-corrected chi connectivity index (χ0v) is 11.9. The van der Waals surface area contributed by atoms with Crippen molar-refractivity contribution in [2.45, 2.75) is 25.3 Å². The zero-order chi connectivity index (χ0) is 14.1. The van der Waals surface area contributed by atoms with Gasteiger partial charge in [0.15, 0.2) is 5.54 Å². The molecule has 19 heavy (non-hydrogen) atoms. The van der Waals surface area contributed by atoms with E-state index in [9.17, 15) is 4.79 Å². The van der Waals surface area contributed by atoms with E-state index in [1.165, 1.54) is 7.11 Å². The highest BCUT2D eigenvalue weighted by molar-refractivity contribution is 5.82. The molecule has 1 unspecified atom stereocenters. The Morgan fingerprint density at radius 1 is 1.32 bits per heavy atom. The van der Waals surface area contributed by atoms with Crippen molar-refractivity contribution in [2.75, 3.05) is 27.4 Å². The second kappa shape index (κ2) is 7.92. The second-order valence-electron chi connectivity index (χ2n) is 4.42. The number of carbonyl (C=O) groups excluding carboxylic acids is 1. The molecule has 106 valence electrons. The molecule has 4 heteroatoms. The molecule has 0 bridgehead atoms. The number of hydrogen-bond acceptors (Lipinski definition) is 4. The van der Waals surface area contributed by atoms with E-state index in [-0.39, 0.29) is 12.6 Å². The lowest BCUT2D eigenvalue weighted by Gasteiger charge is -2.30. The van der Waals surface area contributed by atoms with Gasteiger partial charge in [-0.25, -0.2) is 4.79 Å². The van der Waals surface area contributed by atoms with Crippen LogP contribution in [0.4, 0.5) is 0 Å². The standard InChI is InChI=1S/C15H23NO3/c1-4-5-11-19-12-15(16-2,14(17)18-3)13-9-7-6-8-10-13/h6-10,16H,4-5,11-12H2,1-3H3. The molecule has 0 fully saturated rings. The van der Waals surface area contributed by atoms with Gasteiger partial charge in [-0.3, -0.25) is 5.32 Å². The summed E-state index contributed by atoms with van der Waals surface area (Å²) in [4.78, 5) is 12.2. The van der Waals surface area contributed by atoms with Crippen LogP contribution in [0.5, 0.6) is 0 Å². The van der Waals surface area contributed by atoms with Crippen molar-refractivity contribution in [3.8, 4) is 0 Å². The van der Waals surface area contributed by atoms with Crippen molar-refractivity contribution in [2.24, 2.45) is 0 Å². The van der Waals surface area contributed by atoms with Crippen molar-refractivity contribution < 1.29 is 14.3 Å². The fourth-order valence-electron chi connectivity index (χ4n) is 1.95. The molecule has 1 rings (SSSR count). The van der Waals surface area contributed by atoms with Gasteiger partial charge in [0.1, 0.15) is 0 Å². The van der Waals surface area contributed by atoms with Crippen LogP contribution in [-0.2, 0) is 19.8 Å². The number of likely N-dealkylation sites (N-methyl/N-ethyl adjacent to an activating group) is 1. The van der Waals surface area contributed by atoms with Crippen LogP contribution in [0.1, 0.15) is 25.3 Å². The summed E-state index contributed by atoms with van der Waals surface area (Å²) in [6.45, 7) is 3.01. The number of esters is 1. The monoisotopic (exact) mass is 265 g/mol. The van der Waals surface area contributed by atoms with E-state index >= 15 is 0 Å². The van der Waals surface area contributed by atoms with Gasteiger partial charge in [0, 0.05) is 6.61 Å². The van der Waals surface area contributed by atoms with E-state index in [0.29, 0.717) is 6.61 Å². The minimum absolute atomic E-state index is 0.264.